The van der Waals surface area contributed by atoms with E-state index in [0.717, 1.165) is 12.8 Å². The van der Waals surface area contributed by atoms with Gasteiger partial charge in [-0.25, -0.2) is 0 Å². The average Bonchev–Trinajstić information content (AvgIpc) is 3.18. The zero-order valence-electron chi connectivity index (χ0n) is 19.9. The number of aliphatic hydroxyl groups is 1. The maximum atomic E-state index is 13.3. The highest BCUT2D eigenvalue weighted by Gasteiger charge is 2.61. The van der Waals surface area contributed by atoms with Gasteiger partial charge in [0.15, 0.2) is 5.78 Å². The lowest BCUT2D eigenvalue weighted by atomic mass is 9.61. The second-order valence-corrected chi connectivity index (χ2v) is 11.5. The van der Waals surface area contributed by atoms with Gasteiger partial charge in [0, 0.05) is 19.0 Å². The molecule has 35 heavy (non-hydrogen) atoms. The second kappa shape index (κ2) is 8.72. The van der Waals surface area contributed by atoms with Crippen molar-refractivity contribution >= 4 is 23.5 Å². The quantitative estimate of drug-likeness (QED) is 0.455. The number of carbonyl (C=O) groups is 4. The van der Waals surface area contributed by atoms with E-state index < -0.39 is 54.2 Å². The van der Waals surface area contributed by atoms with Crippen LogP contribution in [0.2, 0.25) is 0 Å². The number of amides is 3. The van der Waals surface area contributed by atoms with Crippen molar-refractivity contribution in [2.45, 2.75) is 82.8 Å². The molecule has 2 aliphatic heterocycles. The van der Waals surface area contributed by atoms with Crippen LogP contribution >= 0.6 is 0 Å². The first kappa shape index (κ1) is 25.9. The van der Waals surface area contributed by atoms with E-state index in [1.807, 2.05) is 13.8 Å². The molecule has 12 heteroatoms. The van der Waals surface area contributed by atoms with Gasteiger partial charge in [0.2, 0.25) is 11.8 Å². The highest BCUT2D eigenvalue weighted by atomic mass is 19.4. The van der Waals surface area contributed by atoms with Crippen molar-refractivity contribution in [3.05, 3.63) is 0 Å². The fourth-order valence-corrected chi connectivity index (χ4v) is 5.94. The van der Waals surface area contributed by atoms with Gasteiger partial charge < -0.3 is 20.6 Å². The molecule has 0 bridgehead atoms. The van der Waals surface area contributed by atoms with Gasteiger partial charge in [-0.15, -0.1) is 13.2 Å². The SMILES string of the molecule is CC1(C)CC(O)(C(=O)N2CC3(CC3)C[C@H]2C(=O)NC(C[C@@H]2CCNC2=O)C(=O)COC(F)(F)F)C1. The van der Waals surface area contributed by atoms with E-state index in [1.165, 1.54) is 4.90 Å². The van der Waals surface area contributed by atoms with Gasteiger partial charge >= 0.3 is 6.36 Å². The largest absolute Gasteiger partial charge is 0.522 e. The summed E-state index contributed by atoms with van der Waals surface area (Å²) in [6, 6.07) is -2.33. The Morgan fingerprint density at radius 1 is 1.26 bits per heavy atom. The Hall–Kier alpha value is -2.21. The van der Waals surface area contributed by atoms with Gasteiger partial charge in [0.25, 0.3) is 5.91 Å². The first-order valence-electron chi connectivity index (χ1n) is 12.0. The monoisotopic (exact) mass is 503 g/mol. The summed E-state index contributed by atoms with van der Waals surface area (Å²) in [5.41, 5.74) is -1.96. The molecule has 0 aromatic carbocycles. The minimum absolute atomic E-state index is 0.165. The summed E-state index contributed by atoms with van der Waals surface area (Å²) in [6.45, 7) is 3.26. The third kappa shape index (κ3) is 5.63. The fourth-order valence-electron chi connectivity index (χ4n) is 5.94. The summed E-state index contributed by atoms with van der Waals surface area (Å²) in [5.74, 6) is -3.18. The van der Waals surface area contributed by atoms with Gasteiger partial charge in [0.1, 0.15) is 18.2 Å². The van der Waals surface area contributed by atoms with Crippen molar-refractivity contribution in [2.24, 2.45) is 16.7 Å². The van der Waals surface area contributed by atoms with E-state index in [-0.39, 0.29) is 36.0 Å². The maximum Gasteiger partial charge on any atom is 0.522 e. The van der Waals surface area contributed by atoms with Crippen LogP contribution in [-0.4, -0.2) is 77.3 Å². The van der Waals surface area contributed by atoms with Gasteiger partial charge in [0.05, 0.1) is 6.04 Å². The van der Waals surface area contributed by atoms with Gasteiger partial charge in [-0.3, -0.25) is 23.9 Å². The topological polar surface area (TPSA) is 125 Å². The molecule has 3 amide bonds. The van der Waals surface area contributed by atoms with Crippen LogP contribution in [0.15, 0.2) is 0 Å². The number of nitrogens with one attached hydrogen (secondary N) is 2. The maximum absolute atomic E-state index is 13.3. The lowest BCUT2D eigenvalue weighted by Gasteiger charge is -2.50. The van der Waals surface area contributed by atoms with Gasteiger partial charge in [-0.1, -0.05) is 13.8 Å². The molecule has 3 N–H and O–H groups in total. The third-order valence-electron chi connectivity index (χ3n) is 7.74. The van der Waals surface area contributed by atoms with Crippen molar-refractivity contribution < 1.29 is 42.2 Å². The van der Waals surface area contributed by atoms with Crippen molar-refractivity contribution in [3.8, 4) is 0 Å². The van der Waals surface area contributed by atoms with Crippen LogP contribution in [0.25, 0.3) is 0 Å². The predicted octanol–water partition coefficient (Wildman–Crippen LogP) is 1.04. The van der Waals surface area contributed by atoms with E-state index in [4.69, 9.17) is 0 Å². The zero-order chi connectivity index (χ0) is 25.8. The molecule has 0 aromatic rings. The number of nitrogens with zero attached hydrogens (tertiary/aromatic N) is 1. The minimum atomic E-state index is -5.02. The molecule has 1 spiro atoms. The molecule has 4 aliphatic rings. The number of Topliss-reactive ketones (excluding diaryl/α,β-unsaturated/α-hetero) is 1. The minimum Gasteiger partial charge on any atom is -0.380 e. The molecule has 0 radical (unpaired) electrons. The normalized spacial score (nSPS) is 28.9. The molecular formula is C23H32F3N3O6. The van der Waals surface area contributed by atoms with Crippen LogP contribution in [0.1, 0.15) is 58.8 Å². The van der Waals surface area contributed by atoms with Crippen LogP contribution < -0.4 is 10.6 Å². The lowest BCUT2D eigenvalue weighted by molar-refractivity contribution is -0.321. The molecule has 2 saturated carbocycles. The van der Waals surface area contributed by atoms with Crippen LogP contribution in [0.3, 0.4) is 0 Å². The molecule has 2 aliphatic carbocycles. The summed E-state index contributed by atoms with van der Waals surface area (Å²) < 4.78 is 41.2. The molecule has 2 heterocycles. The van der Waals surface area contributed by atoms with E-state index in [9.17, 15) is 37.5 Å². The molecule has 3 atom stereocenters. The molecule has 1 unspecified atom stereocenters. The summed E-state index contributed by atoms with van der Waals surface area (Å²) in [5, 5.41) is 16.0. The molecule has 9 nitrogen and oxygen atoms in total. The molecule has 0 aromatic heterocycles. The number of ether oxygens (including phenoxy) is 1. The second-order valence-electron chi connectivity index (χ2n) is 11.5. The van der Waals surface area contributed by atoms with E-state index in [0.29, 0.717) is 25.9 Å². The van der Waals surface area contributed by atoms with Crippen molar-refractivity contribution in [2.75, 3.05) is 19.7 Å². The summed E-state index contributed by atoms with van der Waals surface area (Å²) in [6.07, 6.45) is -2.25. The zero-order valence-corrected chi connectivity index (χ0v) is 19.9. The summed E-state index contributed by atoms with van der Waals surface area (Å²) in [7, 11) is 0. The molecule has 2 saturated heterocycles. The number of carbonyl (C=O) groups excluding carboxylic acids is 4. The lowest BCUT2D eigenvalue weighted by Crippen LogP contribution is -2.62. The average molecular weight is 504 g/mol. The Labute approximate surface area is 201 Å². The number of likely N-dealkylation sites (tertiary alicyclic amines) is 1. The van der Waals surface area contributed by atoms with Crippen LogP contribution in [0.4, 0.5) is 13.2 Å². The number of hydrogen-bond acceptors (Lipinski definition) is 6. The van der Waals surface area contributed by atoms with Crippen molar-refractivity contribution in [1.29, 1.82) is 0 Å². The Balaban J connectivity index is 1.48. The van der Waals surface area contributed by atoms with E-state index in [1.54, 1.807) is 0 Å². The fraction of sp³-hybridized carbons (Fsp3) is 0.826. The smallest absolute Gasteiger partial charge is 0.380 e. The number of halogens is 3. The number of rotatable bonds is 8. The first-order valence-corrected chi connectivity index (χ1v) is 12.0. The van der Waals surface area contributed by atoms with Crippen LogP contribution in [0.5, 0.6) is 0 Å². The van der Waals surface area contributed by atoms with Crippen LogP contribution in [0, 0.1) is 16.7 Å². The summed E-state index contributed by atoms with van der Waals surface area (Å²) in [4.78, 5) is 52.5. The Kier molecular flexibility index (Phi) is 6.45. The van der Waals surface area contributed by atoms with E-state index >= 15 is 0 Å². The Bertz CT molecular complexity index is 909. The standard InChI is InChI=1S/C23H32F3N3O6/c1-20(2)10-22(34,11-20)19(33)29-12-21(4-5-21)8-15(29)18(32)28-14(7-13-3-6-27-17(13)31)16(30)9-35-23(24,25)26/h13-15,34H,3-12H2,1-2H3,(H,27,31)(H,28,32)/t13-,14?,15-/m0/s1. The molecule has 196 valence electrons. The van der Waals surface area contributed by atoms with E-state index in [2.05, 4.69) is 15.4 Å². The highest BCUT2D eigenvalue weighted by molar-refractivity contribution is 5.96. The first-order chi connectivity index (χ1) is 16.1. The van der Waals surface area contributed by atoms with Crippen LogP contribution in [-0.2, 0) is 23.9 Å². The third-order valence-corrected chi connectivity index (χ3v) is 7.74. The summed E-state index contributed by atoms with van der Waals surface area (Å²) >= 11 is 0. The van der Waals surface area contributed by atoms with Gasteiger partial charge in [-0.05, 0) is 55.8 Å². The van der Waals surface area contributed by atoms with Crippen molar-refractivity contribution in [1.82, 2.24) is 15.5 Å². The Morgan fingerprint density at radius 2 is 1.91 bits per heavy atom. The van der Waals surface area contributed by atoms with Crippen molar-refractivity contribution in [3.63, 3.8) is 0 Å². The number of ketones is 1. The molecular weight excluding hydrogens is 471 g/mol. The number of alkyl halides is 3. The van der Waals surface area contributed by atoms with Gasteiger partial charge in [-0.2, -0.15) is 0 Å². The predicted molar refractivity (Wildman–Crippen MR) is 114 cm³/mol. The molecule has 4 rings (SSSR count). The Morgan fingerprint density at radius 3 is 2.43 bits per heavy atom. The molecule has 4 fully saturated rings. The highest BCUT2D eigenvalue weighted by Crippen LogP contribution is 2.56. The number of hydrogen-bond donors (Lipinski definition) is 3.